The lowest BCUT2D eigenvalue weighted by Crippen LogP contribution is -2.34. The van der Waals surface area contributed by atoms with Crippen molar-refractivity contribution in [1.82, 2.24) is 4.72 Å². The second kappa shape index (κ2) is 5.90. The van der Waals surface area contributed by atoms with Gasteiger partial charge in [0.2, 0.25) is 15.9 Å². The second-order valence-electron chi connectivity index (χ2n) is 4.93. The smallest absolute Gasteiger partial charge is 0.241 e. The molecule has 0 unspecified atom stereocenters. The maximum absolute atomic E-state index is 12.1. The third-order valence-corrected chi connectivity index (χ3v) is 4.61. The van der Waals surface area contributed by atoms with E-state index < -0.39 is 16.1 Å². The van der Waals surface area contributed by atoms with Gasteiger partial charge in [0.25, 0.3) is 0 Å². The largest absolute Gasteiger partial charge is 0.325 e. The summed E-state index contributed by atoms with van der Waals surface area (Å²) in [5.41, 5.74) is 6.05. The molecule has 1 amide bonds. The number of sulfonamides is 1. The van der Waals surface area contributed by atoms with Crippen molar-refractivity contribution in [2.45, 2.75) is 43.2 Å². The molecule has 0 aromatic heterocycles. The highest BCUT2D eigenvalue weighted by atomic mass is 32.2. The van der Waals surface area contributed by atoms with Crippen LogP contribution >= 0.6 is 0 Å². The van der Waals surface area contributed by atoms with E-state index in [4.69, 9.17) is 5.73 Å². The number of carbonyl (C=O) groups excluding carboxylic acids is 1. The van der Waals surface area contributed by atoms with Crippen LogP contribution in [0.5, 0.6) is 0 Å². The van der Waals surface area contributed by atoms with Crippen molar-refractivity contribution in [3.63, 3.8) is 0 Å². The van der Waals surface area contributed by atoms with Crippen molar-refractivity contribution in [2.24, 2.45) is 5.73 Å². The average Bonchev–Trinajstić information content (AvgIpc) is 3.21. The molecule has 6 nitrogen and oxygen atoms in total. The van der Waals surface area contributed by atoms with E-state index in [2.05, 4.69) is 10.0 Å². The van der Waals surface area contributed by atoms with Crippen LogP contribution in [0.2, 0.25) is 0 Å². The zero-order chi connectivity index (χ0) is 14.8. The fourth-order valence-corrected chi connectivity index (χ4v) is 3.00. The van der Waals surface area contributed by atoms with Gasteiger partial charge in [-0.2, -0.15) is 0 Å². The van der Waals surface area contributed by atoms with E-state index in [1.54, 1.807) is 12.1 Å². The Morgan fingerprint density at radius 1 is 1.45 bits per heavy atom. The highest BCUT2D eigenvalue weighted by molar-refractivity contribution is 7.89. The van der Waals surface area contributed by atoms with Gasteiger partial charge in [-0.25, -0.2) is 13.1 Å². The van der Waals surface area contributed by atoms with Crippen LogP contribution in [0, 0.1) is 0 Å². The predicted molar refractivity (Wildman–Crippen MR) is 76.7 cm³/mol. The molecule has 110 valence electrons. The van der Waals surface area contributed by atoms with Gasteiger partial charge in [0, 0.05) is 11.7 Å². The molecule has 0 aliphatic heterocycles. The quantitative estimate of drug-likeness (QED) is 0.723. The lowest BCUT2D eigenvalue weighted by Gasteiger charge is -2.11. The Labute approximate surface area is 118 Å². The van der Waals surface area contributed by atoms with Crippen LogP contribution in [0.3, 0.4) is 0 Å². The molecule has 0 radical (unpaired) electrons. The molecule has 0 heterocycles. The summed E-state index contributed by atoms with van der Waals surface area (Å²) < 4.78 is 26.7. The number of anilines is 1. The first-order valence-electron chi connectivity index (χ1n) is 6.61. The van der Waals surface area contributed by atoms with Crippen molar-refractivity contribution < 1.29 is 13.2 Å². The minimum Gasteiger partial charge on any atom is -0.325 e. The van der Waals surface area contributed by atoms with Crippen LogP contribution in [-0.4, -0.2) is 26.4 Å². The molecule has 0 saturated heterocycles. The number of amides is 1. The number of nitrogens with one attached hydrogen (secondary N) is 2. The highest BCUT2D eigenvalue weighted by Gasteiger charge is 2.28. The third kappa shape index (κ3) is 3.78. The molecular weight excluding hydrogens is 278 g/mol. The molecule has 7 heteroatoms. The molecule has 1 saturated carbocycles. The van der Waals surface area contributed by atoms with Gasteiger partial charge in [0.05, 0.1) is 10.9 Å². The summed E-state index contributed by atoms with van der Waals surface area (Å²) >= 11 is 0. The molecular formula is C13H19N3O3S. The maximum Gasteiger partial charge on any atom is 0.241 e. The van der Waals surface area contributed by atoms with Crippen LogP contribution in [0.4, 0.5) is 5.69 Å². The van der Waals surface area contributed by atoms with Gasteiger partial charge in [-0.1, -0.05) is 13.0 Å². The maximum atomic E-state index is 12.1. The molecule has 20 heavy (non-hydrogen) atoms. The normalized spacial score (nSPS) is 16.7. The predicted octanol–water partition coefficient (Wildman–Crippen LogP) is 0.803. The lowest BCUT2D eigenvalue weighted by molar-refractivity contribution is -0.117. The Kier molecular flexibility index (Phi) is 4.42. The van der Waals surface area contributed by atoms with E-state index >= 15 is 0 Å². The van der Waals surface area contributed by atoms with Crippen molar-refractivity contribution >= 4 is 21.6 Å². The first-order chi connectivity index (χ1) is 9.42. The Morgan fingerprint density at radius 3 is 2.75 bits per heavy atom. The van der Waals surface area contributed by atoms with Crippen LogP contribution in [0.1, 0.15) is 26.2 Å². The minimum atomic E-state index is -3.51. The Morgan fingerprint density at radius 2 is 2.15 bits per heavy atom. The molecule has 0 bridgehead atoms. The number of carbonyl (C=O) groups is 1. The topological polar surface area (TPSA) is 101 Å². The van der Waals surface area contributed by atoms with E-state index in [1.165, 1.54) is 12.1 Å². The summed E-state index contributed by atoms with van der Waals surface area (Å²) in [5, 5.41) is 2.62. The van der Waals surface area contributed by atoms with Crippen LogP contribution in [0.25, 0.3) is 0 Å². The van der Waals surface area contributed by atoms with Crippen LogP contribution < -0.4 is 15.8 Å². The summed E-state index contributed by atoms with van der Waals surface area (Å²) in [6.07, 6.45) is 2.27. The number of nitrogens with two attached hydrogens (primary N) is 1. The zero-order valence-electron chi connectivity index (χ0n) is 11.3. The fraction of sp³-hybridized carbons (Fsp3) is 0.462. The van der Waals surface area contributed by atoms with Gasteiger partial charge >= 0.3 is 0 Å². The van der Waals surface area contributed by atoms with Crippen molar-refractivity contribution in [3.8, 4) is 0 Å². The molecule has 1 aromatic rings. The molecule has 4 N–H and O–H groups in total. The number of hydrogen-bond acceptors (Lipinski definition) is 4. The molecule has 1 aliphatic rings. The summed E-state index contributed by atoms with van der Waals surface area (Å²) in [6, 6.07) is 5.61. The standard InChI is InChI=1S/C13H19N3O3S/c1-2-12(14)13(17)15-10-4-3-5-11(8-10)20(18,19)16-9-6-7-9/h3-5,8-9,12,16H,2,6-7,14H2,1H3,(H,15,17)/t12-/m1/s1. The van der Waals surface area contributed by atoms with Gasteiger partial charge in [0.15, 0.2) is 0 Å². The van der Waals surface area contributed by atoms with Crippen LogP contribution in [-0.2, 0) is 14.8 Å². The van der Waals surface area contributed by atoms with E-state index in [0.29, 0.717) is 12.1 Å². The second-order valence-corrected chi connectivity index (χ2v) is 6.64. The third-order valence-electron chi connectivity index (χ3n) is 3.09. The summed E-state index contributed by atoms with van der Waals surface area (Å²) in [7, 11) is -3.51. The first-order valence-corrected chi connectivity index (χ1v) is 8.09. The number of hydrogen-bond donors (Lipinski definition) is 3. The lowest BCUT2D eigenvalue weighted by atomic mass is 10.2. The Hall–Kier alpha value is -1.44. The van der Waals surface area contributed by atoms with Crippen molar-refractivity contribution in [1.29, 1.82) is 0 Å². The highest BCUT2D eigenvalue weighted by Crippen LogP contribution is 2.23. The van der Waals surface area contributed by atoms with E-state index in [1.807, 2.05) is 6.92 Å². The molecule has 1 aliphatic carbocycles. The zero-order valence-corrected chi connectivity index (χ0v) is 12.1. The van der Waals surface area contributed by atoms with Crippen molar-refractivity contribution in [2.75, 3.05) is 5.32 Å². The molecule has 1 fully saturated rings. The fourth-order valence-electron chi connectivity index (χ4n) is 1.65. The summed E-state index contributed by atoms with van der Waals surface area (Å²) in [4.78, 5) is 11.8. The van der Waals surface area contributed by atoms with E-state index in [9.17, 15) is 13.2 Å². The Balaban J connectivity index is 2.13. The Bertz CT molecular complexity index is 597. The molecule has 1 atom stereocenters. The van der Waals surface area contributed by atoms with Gasteiger partial charge < -0.3 is 11.1 Å². The average molecular weight is 297 g/mol. The first kappa shape index (κ1) is 15.0. The van der Waals surface area contributed by atoms with Gasteiger partial charge in [0.1, 0.15) is 0 Å². The molecule has 2 rings (SSSR count). The minimum absolute atomic E-state index is 0.0479. The SMILES string of the molecule is CC[C@@H](N)C(=O)Nc1cccc(S(=O)(=O)NC2CC2)c1. The van der Waals surface area contributed by atoms with Gasteiger partial charge in [-0.3, -0.25) is 4.79 Å². The molecule has 1 aromatic carbocycles. The van der Waals surface area contributed by atoms with E-state index in [0.717, 1.165) is 12.8 Å². The van der Waals surface area contributed by atoms with Gasteiger partial charge in [-0.15, -0.1) is 0 Å². The number of rotatable bonds is 6. The van der Waals surface area contributed by atoms with Crippen molar-refractivity contribution in [3.05, 3.63) is 24.3 Å². The summed E-state index contributed by atoms with van der Waals surface area (Å²) in [5.74, 6) is -0.322. The van der Waals surface area contributed by atoms with E-state index in [-0.39, 0.29) is 16.8 Å². The summed E-state index contributed by atoms with van der Waals surface area (Å²) in [6.45, 7) is 1.81. The van der Waals surface area contributed by atoms with Crippen LogP contribution in [0.15, 0.2) is 29.2 Å². The monoisotopic (exact) mass is 297 g/mol. The number of benzene rings is 1. The molecule has 0 spiro atoms. The van der Waals surface area contributed by atoms with Gasteiger partial charge in [-0.05, 0) is 37.5 Å².